The average Bonchev–Trinajstić information content (AvgIpc) is 2.64. The molecule has 0 saturated heterocycles. The minimum absolute atomic E-state index is 0.356. The molecule has 72 valence electrons. The van der Waals surface area contributed by atoms with Crippen LogP contribution in [0, 0.1) is 0 Å². The summed E-state index contributed by atoms with van der Waals surface area (Å²) in [5, 5.41) is 19.8. The van der Waals surface area contributed by atoms with Crippen LogP contribution in [0.5, 0.6) is 0 Å². The largest absolute Gasteiger partial charge is 0.409 e. The summed E-state index contributed by atoms with van der Waals surface area (Å²) in [7, 11) is 0. The van der Waals surface area contributed by atoms with Crippen molar-refractivity contribution in [2.45, 2.75) is 4.90 Å². The Hall–Kier alpha value is -1.56. The van der Waals surface area contributed by atoms with Crippen molar-refractivity contribution in [3.8, 4) is 11.4 Å². The second-order valence-electron chi connectivity index (χ2n) is 2.59. The van der Waals surface area contributed by atoms with Crippen molar-refractivity contribution in [2.24, 2.45) is 0 Å². The van der Waals surface area contributed by atoms with E-state index in [0.717, 1.165) is 10.5 Å². The lowest BCUT2D eigenvalue weighted by molar-refractivity contribution is 0.147. The van der Waals surface area contributed by atoms with Gasteiger partial charge in [0.05, 0.1) is 0 Å². The maximum absolute atomic E-state index is 9.30. The van der Waals surface area contributed by atoms with E-state index in [1.165, 1.54) is 0 Å². The number of hydrogen-bond donors (Lipinski definition) is 1. The molecule has 0 aliphatic carbocycles. The fraction of sp³-hybridized carbons (Fsp3) is 0.125. The lowest BCUT2D eigenvalue weighted by atomic mass is 10.2. The highest BCUT2D eigenvalue weighted by Gasteiger charge is 2.11. The van der Waals surface area contributed by atoms with Gasteiger partial charge in [0, 0.05) is 10.5 Å². The molecule has 0 spiro atoms. The van der Waals surface area contributed by atoms with Gasteiger partial charge in [-0.3, -0.25) is 0 Å². The minimum atomic E-state index is 0.356. The summed E-state index contributed by atoms with van der Waals surface area (Å²) in [5.41, 5.74) is 0.826. The first-order valence-electron chi connectivity index (χ1n) is 3.94. The third kappa shape index (κ3) is 1.44. The topological polar surface area (TPSA) is 63.8 Å². The SMILES string of the molecule is CSc1ccccc1-c1nnnn1O. The molecule has 0 bridgehead atoms. The maximum atomic E-state index is 9.30. The highest BCUT2D eigenvalue weighted by molar-refractivity contribution is 7.98. The second-order valence-corrected chi connectivity index (χ2v) is 3.44. The lowest BCUT2D eigenvalue weighted by Gasteiger charge is -2.02. The number of rotatable bonds is 2. The summed E-state index contributed by atoms with van der Waals surface area (Å²) in [6.45, 7) is 0. The van der Waals surface area contributed by atoms with Crippen LogP contribution in [-0.2, 0) is 0 Å². The summed E-state index contributed by atoms with van der Waals surface area (Å²) in [4.78, 5) is 1.70. The van der Waals surface area contributed by atoms with Crippen molar-refractivity contribution in [1.29, 1.82) is 0 Å². The fourth-order valence-electron chi connectivity index (χ4n) is 1.17. The van der Waals surface area contributed by atoms with Gasteiger partial charge in [-0.2, -0.15) is 0 Å². The third-order valence-corrected chi connectivity index (χ3v) is 2.60. The zero-order chi connectivity index (χ0) is 9.97. The van der Waals surface area contributed by atoms with Crippen LogP contribution in [0.3, 0.4) is 0 Å². The molecule has 2 rings (SSSR count). The van der Waals surface area contributed by atoms with Gasteiger partial charge in [-0.25, -0.2) is 0 Å². The molecule has 1 heterocycles. The average molecular weight is 208 g/mol. The summed E-state index contributed by atoms with van der Waals surface area (Å²) >= 11 is 1.58. The van der Waals surface area contributed by atoms with E-state index in [4.69, 9.17) is 0 Å². The van der Waals surface area contributed by atoms with Crippen molar-refractivity contribution in [3.63, 3.8) is 0 Å². The maximum Gasteiger partial charge on any atom is 0.223 e. The quantitative estimate of drug-likeness (QED) is 0.595. The van der Waals surface area contributed by atoms with E-state index in [1.807, 2.05) is 30.5 Å². The Balaban J connectivity index is 2.56. The van der Waals surface area contributed by atoms with Crippen molar-refractivity contribution in [2.75, 3.05) is 6.26 Å². The molecule has 0 aliphatic heterocycles. The normalized spacial score (nSPS) is 10.4. The van der Waals surface area contributed by atoms with E-state index in [1.54, 1.807) is 11.8 Å². The molecule has 0 aliphatic rings. The molecule has 0 unspecified atom stereocenters. The number of hydrogen-bond acceptors (Lipinski definition) is 5. The molecule has 6 heteroatoms. The molecular formula is C8H8N4OS. The summed E-state index contributed by atoms with van der Waals surface area (Å²) in [6, 6.07) is 7.63. The number of tetrazole rings is 1. The van der Waals surface area contributed by atoms with E-state index in [-0.39, 0.29) is 0 Å². The van der Waals surface area contributed by atoms with Crippen LogP contribution in [0.2, 0.25) is 0 Å². The standard InChI is InChI=1S/C8H8N4OS/c1-14-7-5-3-2-4-6(7)8-9-10-11-12(8)13/h2-5,13H,1H3. The van der Waals surface area contributed by atoms with Crippen molar-refractivity contribution >= 4 is 11.8 Å². The Labute approximate surface area is 84.7 Å². The molecule has 0 fully saturated rings. The summed E-state index contributed by atoms with van der Waals surface area (Å²) < 4.78 is 0. The van der Waals surface area contributed by atoms with Crippen LogP contribution in [0.25, 0.3) is 11.4 Å². The first-order chi connectivity index (χ1) is 6.83. The van der Waals surface area contributed by atoms with Crippen molar-refractivity contribution in [1.82, 2.24) is 20.4 Å². The molecule has 1 aromatic heterocycles. The second kappa shape index (κ2) is 3.67. The van der Waals surface area contributed by atoms with Crippen LogP contribution in [0.1, 0.15) is 0 Å². The molecule has 5 nitrogen and oxygen atoms in total. The molecule has 1 N–H and O–H groups in total. The van der Waals surface area contributed by atoms with Crippen molar-refractivity contribution in [3.05, 3.63) is 24.3 Å². The Bertz CT molecular complexity index is 442. The third-order valence-electron chi connectivity index (χ3n) is 1.80. The van der Waals surface area contributed by atoms with E-state index in [0.29, 0.717) is 10.7 Å². The Morgan fingerprint density at radius 3 is 2.79 bits per heavy atom. The Kier molecular flexibility index (Phi) is 2.36. The van der Waals surface area contributed by atoms with Gasteiger partial charge in [-0.15, -0.1) is 16.9 Å². The van der Waals surface area contributed by atoms with Crippen LogP contribution in [0.4, 0.5) is 0 Å². The molecule has 0 atom stereocenters. The van der Waals surface area contributed by atoms with Gasteiger partial charge in [-0.1, -0.05) is 17.0 Å². The highest BCUT2D eigenvalue weighted by atomic mass is 32.2. The summed E-state index contributed by atoms with van der Waals surface area (Å²) in [5.74, 6) is 0.356. The van der Waals surface area contributed by atoms with Crippen LogP contribution in [-0.4, -0.2) is 31.8 Å². The van der Waals surface area contributed by atoms with E-state index >= 15 is 0 Å². The van der Waals surface area contributed by atoms with Gasteiger partial charge in [0.15, 0.2) is 0 Å². The van der Waals surface area contributed by atoms with Gasteiger partial charge >= 0.3 is 0 Å². The van der Waals surface area contributed by atoms with Crippen LogP contribution >= 0.6 is 11.8 Å². The van der Waals surface area contributed by atoms with Gasteiger partial charge < -0.3 is 5.21 Å². The van der Waals surface area contributed by atoms with E-state index in [2.05, 4.69) is 15.5 Å². The smallest absolute Gasteiger partial charge is 0.223 e. The fourth-order valence-corrected chi connectivity index (χ4v) is 1.77. The zero-order valence-electron chi connectivity index (χ0n) is 7.45. The molecule has 0 amide bonds. The van der Waals surface area contributed by atoms with Gasteiger partial charge in [0.1, 0.15) is 0 Å². The lowest BCUT2D eigenvalue weighted by Crippen LogP contribution is -1.97. The molecule has 0 saturated carbocycles. The number of thioether (sulfide) groups is 1. The molecule has 14 heavy (non-hydrogen) atoms. The molecular weight excluding hydrogens is 200 g/mol. The van der Waals surface area contributed by atoms with Gasteiger partial charge in [-0.05, 0) is 28.8 Å². The first kappa shape index (κ1) is 9.01. The van der Waals surface area contributed by atoms with Crippen molar-refractivity contribution < 1.29 is 5.21 Å². The number of nitrogens with zero attached hydrogens (tertiary/aromatic N) is 4. The van der Waals surface area contributed by atoms with Gasteiger partial charge in [0.2, 0.25) is 5.82 Å². The Morgan fingerprint density at radius 1 is 1.36 bits per heavy atom. The van der Waals surface area contributed by atoms with Crippen LogP contribution < -0.4 is 0 Å². The first-order valence-corrected chi connectivity index (χ1v) is 5.16. The molecule has 1 aromatic carbocycles. The predicted octanol–water partition coefficient (Wildman–Crippen LogP) is 1.30. The summed E-state index contributed by atoms with van der Waals surface area (Å²) in [6.07, 6.45) is 1.96. The molecule has 0 radical (unpaired) electrons. The monoisotopic (exact) mass is 208 g/mol. The van der Waals surface area contributed by atoms with E-state index in [9.17, 15) is 5.21 Å². The predicted molar refractivity (Wildman–Crippen MR) is 52.2 cm³/mol. The number of benzene rings is 1. The zero-order valence-corrected chi connectivity index (χ0v) is 8.27. The van der Waals surface area contributed by atoms with E-state index < -0.39 is 0 Å². The number of aromatic nitrogens is 4. The van der Waals surface area contributed by atoms with Gasteiger partial charge in [0.25, 0.3) is 0 Å². The highest BCUT2D eigenvalue weighted by Crippen LogP contribution is 2.27. The van der Waals surface area contributed by atoms with Crippen LogP contribution in [0.15, 0.2) is 29.2 Å². The molecule has 2 aromatic rings. The minimum Gasteiger partial charge on any atom is -0.409 e. The Morgan fingerprint density at radius 2 is 2.14 bits per heavy atom.